The third kappa shape index (κ3) is 3.74. The van der Waals surface area contributed by atoms with Gasteiger partial charge >= 0.3 is 0 Å². The normalized spacial score (nSPS) is 12.5. The highest BCUT2D eigenvalue weighted by molar-refractivity contribution is 7.17. The van der Waals surface area contributed by atoms with E-state index in [0.717, 1.165) is 22.5 Å². The summed E-state index contributed by atoms with van der Waals surface area (Å²) in [6.07, 6.45) is 3.16. The zero-order valence-corrected chi connectivity index (χ0v) is 16.5. The number of aromatic nitrogens is 1. The van der Waals surface area contributed by atoms with Crippen molar-refractivity contribution < 1.29 is 19.2 Å². The van der Waals surface area contributed by atoms with Crippen molar-refractivity contribution >= 4 is 28.9 Å². The van der Waals surface area contributed by atoms with Crippen molar-refractivity contribution in [3.8, 4) is 22.1 Å². The third-order valence-electron chi connectivity index (χ3n) is 4.42. The number of nitrogens with zero attached hydrogens (tertiary/aromatic N) is 2. The molecule has 0 atom stereocenters. The maximum absolute atomic E-state index is 12.7. The second-order valence-corrected chi connectivity index (χ2v) is 7.52. The van der Waals surface area contributed by atoms with Crippen molar-refractivity contribution in [2.45, 2.75) is 13.8 Å². The Morgan fingerprint density at radius 2 is 1.97 bits per heavy atom. The van der Waals surface area contributed by atoms with Gasteiger partial charge in [-0.25, -0.2) is 4.98 Å². The Morgan fingerprint density at radius 3 is 2.76 bits per heavy atom. The molecule has 146 valence electrons. The molecule has 0 bridgehead atoms. The molecule has 0 radical (unpaired) electrons. The number of benzene rings is 2. The van der Waals surface area contributed by atoms with E-state index < -0.39 is 4.92 Å². The second kappa shape index (κ2) is 7.48. The number of aryl methyl sites for hydroxylation is 2. The molecule has 2 aromatic carbocycles. The van der Waals surface area contributed by atoms with Gasteiger partial charge in [0.05, 0.1) is 21.1 Å². The zero-order chi connectivity index (χ0) is 20.5. The summed E-state index contributed by atoms with van der Waals surface area (Å²) in [5.74, 6) is 1.11. The lowest BCUT2D eigenvalue weighted by Gasteiger charge is -2.00. The van der Waals surface area contributed by atoms with E-state index >= 15 is 0 Å². The first-order chi connectivity index (χ1) is 13.9. The fraction of sp³-hybridized carbons (Fsp3) is 0.143. The largest absolute Gasteiger partial charge is 0.454 e. The molecule has 3 aromatic rings. The van der Waals surface area contributed by atoms with Gasteiger partial charge in [-0.3, -0.25) is 14.9 Å². The SMILES string of the molecule is Cc1ccc(-c2nc(C)c(C(=O)/C=C/c3ccc4c(c3)OCO4)s2)c([N+](=O)[O-])c1. The summed E-state index contributed by atoms with van der Waals surface area (Å²) in [7, 11) is 0. The van der Waals surface area contributed by atoms with Crippen LogP contribution in [0, 0.1) is 24.0 Å². The van der Waals surface area contributed by atoms with E-state index in [9.17, 15) is 14.9 Å². The molecule has 2 heterocycles. The molecule has 0 saturated heterocycles. The summed E-state index contributed by atoms with van der Waals surface area (Å²) in [5, 5.41) is 11.9. The first kappa shape index (κ1) is 18.8. The van der Waals surface area contributed by atoms with Crippen LogP contribution in [0.3, 0.4) is 0 Å². The number of ketones is 1. The highest BCUT2D eigenvalue weighted by Gasteiger charge is 2.21. The molecule has 8 heteroatoms. The predicted molar refractivity (Wildman–Crippen MR) is 110 cm³/mol. The van der Waals surface area contributed by atoms with Crippen LogP contribution in [0.25, 0.3) is 16.6 Å². The lowest BCUT2D eigenvalue weighted by molar-refractivity contribution is -0.384. The minimum atomic E-state index is -0.430. The highest BCUT2D eigenvalue weighted by atomic mass is 32.1. The van der Waals surface area contributed by atoms with Crippen LogP contribution >= 0.6 is 11.3 Å². The van der Waals surface area contributed by atoms with Crippen LogP contribution in [0.4, 0.5) is 5.69 Å². The van der Waals surface area contributed by atoms with E-state index in [-0.39, 0.29) is 18.3 Å². The average molecular weight is 408 g/mol. The van der Waals surface area contributed by atoms with Gasteiger partial charge in [0.15, 0.2) is 17.3 Å². The molecule has 4 rings (SSSR count). The standard InChI is InChI=1S/C21H16N2O5S/c1-12-3-6-15(16(9-12)23(25)26)21-22-13(2)20(29-21)17(24)7-4-14-5-8-18-19(10-14)28-11-27-18/h3-10H,11H2,1-2H3/b7-4+. The predicted octanol–water partition coefficient (Wildman–Crippen LogP) is 4.96. The molecule has 29 heavy (non-hydrogen) atoms. The van der Waals surface area contributed by atoms with Gasteiger partial charge in [-0.2, -0.15) is 0 Å². The summed E-state index contributed by atoms with van der Waals surface area (Å²) >= 11 is 1.15. The molecule has 1 aliphatic rings. The lowest BCUT2D eigenvalue weighted by atomic mass is 10.1. The van der Waals surface area contributed by atoms with Gasteiger partial charge in [-0.15, -0.1) is 11.3 Å². The number of ether oxygens (including phenoxy) is 2. The summed E-state index contributed by atoms with van der Waals surface area (Å²) in [6, 6.07) is 10.4. The smallest absolute Gasteiger partial charge is 0.279 e. The van der Waals surface area contributed by atoms with Crippen molar-refractivity contribution in [3.05, 3.63) is 74.3 Å². The highest BCUT2D eigenvalue weighted by Crippen LogP contribution is 2.36. The molecule has 7 nitrogen and oxygen atoms in total. The Morgan fingerprint density at radius 1 is 1.17 bits per heavy atom. The number of carbonyl (C=O) groups is 1. The fourth-order valence-electron chi connectivity index (χ4n) is 2.98. The van der Waals surface area contributed by atoms with Gasteiger partial charge in [-0.1, -0.05) is 18.2 Å². The Hall–Kier alpha value is -3.52. The van der Waals surface area contributed by atoms with Crippen LogP contribution in [0.5, 0.6) is 11.5 Å². The van der Waals surface area contributed by atoms with Gasteiger partial charge in [0.1, 0.15) is 5.01 Å². The Labute approximate surface area is 170 Å². The second-order valence-electron chi connectivity index (χ2n) is 6.52. The van der Waals surface area contributed by atoms with E-state index in [1.165, 1.54) is 12.1 Å². The minimum absolute atomic E-state index is 0.0198. The molecule has 0 amide bonds. The molecular formula is C21H16N2O5S. The van der Waals surface area contributed by atoms with Crippen LogP contribution in [-0.2, 0) is 0 Å². The molecule has 0 aliphatic carbocycles. The first-order valence-corrected chi connectivity index (χ1v) is 9.59. The quantitative estimate of drug-likeness (QED) is 0.256. The van der Waals surface area contributed by atoms with Gasteiger partial charge in [0.2, 0.25) is 6.79 Å². The molecule has 0 saturated carbocycles. The topological polar surface area (TPSA) is 91.6 Å². The van der Waals surface area contributed by atoms with E-state index in [1.54, 1.807) is 44.2 Å². The molecule has 1 aromatic heterocycles. The van der Waals surface area contributed by atoms with E-state index in [1.807, 2.05) is 6.07 Å². The Bertz CT molecular complexity index is 1170. The molecule has 1 aliphatic heterocycles. The maximum atomic E-state index is 12.7. The number of rotatable bonds is 5. The van der Waals surface area contributed by atoms with E-state index in [4.69, 9.17) is 9.47 Å². The molecule has 0 N–H and O–H groups in total. The summed E-state index contributed by atoms with van der Waals surface area (Å²) in [4.78, 5) is 28.5. The molecule has 0 unspecified atom stereocenters. The van der Waals surface area contributed by atoms with Crippen LogP contribution < -0.4 is 9.47 Å². The lowest BCUT2D eigenvalue weighted by Crippen LogP contribution is -1.93. The molecule has 0 fully saturated rings. The van der Waals surface area contributed by atoms with Crippen LogP contribution in [-0.4, -0.2) is 22.5 Å². The Balaban J connectivity index is 1.61. The number of fused-ring (bicyclic) bond motifs is 1. The van der Waals surface area contributed by atoms with E-state index in [0.29, 0.717) is 32.6 Å². The van der Waals surface area contributed by atoms with E-state index in [2.05, 4.69) is 4.98 Å². The van der Waals surface area contributed by atoms with Crippen molar-refractivity contribution in [2.24, 2.45) is 0 Å². The maximum Gasteiger partial charge on any atom is 0.279 e. The Kier molecular flexibility index (Phi) is 4.85. The number of thiazole rings is 1. The summed E-state index contributed by atoms with van der Waals surface area (Å²) in [5.41, 5.74) is 2.53. The van der Waals surface area contributed by atoms with Gasteiger partial charge in [0, 0.05) is 6.07 Å². The molecular weight excluding hydrogens is 392 g/mol. The summed E-state index contributed by atoms with van der Waals surface area (Å²) < 4.78 is 10.6. The van der Waals surface area contributed by atoms with Crippen molar-refractivity contribution in [3.63, 3.8) is 0 Å². The number of allylic oxidation sites excluding steroid dienone is 1. The van der Waals surface area contributed by atoms with Crippen molar-refractivity contribution in [1.29, 1.82) is 0 Å². The third-order valence-corrected chi connectivity index (χ3v) is 5.63. The van der Waals surface area contributed by atoms with Crippen molar-refractivity contribution in [2.75, 3.05) is 6.79 Å². The number of hydrogen-bond acceptors (Lipinski definition) is 7. The summed E-state index contributed by atoms with van der Waals surface area (Å²) in [6.45, 7) is 3.71. The fourth-order valence-corrected chi connectivity index (χ4v) is 4.00. The van der Waals surface area contributed by atoms with Gasteiger partial charge < -0.3 is 9.47 Å². The van der Waals surface area contributed by atoms with Crippen LogP contribution in [0.1, 0.15) is 26.5 Å². The molecule has 0 spiro atoms. The first-order valence-electron chi connectivity index (χ1n) is 8.77. The number of nitro benzene ring substituents is 1. The van der Waals surface area contributed by atoms with Crippen LogP contribution in [0.2, 0.25) is 0 Å². The van der Waals surface area contributed by atoms with Gasteiger partial charge in [0.25, 0.3) is 5.69 Å². The zero-order valence-electron chi connectivity index (χ0n) is 15.7. The minimum Gasteiger partial charge on any atom is -0.454 e. The van der Waals surface area contributed by atoms with Crippen LogP contribution in [0.15, 0.2) is 42.5 Å². The van der Waals surface area contributed by atoms with Crippen molar-refractivity contribution in [1.82, 2.24) is 4.98 Å². The number of carbonyl (C=O) groups excluding carboxylic acids is 1. The average Bonchev–Trinajstić information content (AvgIpc) is 3.32. The van der Waals surface area contributed by atoms with Gasteiger partial charge in [-0.05, 0) is 49.2 Å². The number of nitro groups is 1. The monoisotopic (exact) mass is 408 g/mol. The number of hydrogen-bond donors (Lipinski definition) is 0.